The van der Waals surface area contributed by atoms with Crippen molar-refractivity contribution in [2.24, 2.45) is 10.2 Å². The summed E-state index contributed by atoms with van der Waals surface area (Å²) in [5, 5.41) is 40.8. The molecule has 0 bridgehead atoms. The van der Waals surface area contributed by atoms with Crippen LogP contribution in [0.5, 0.6) is 11.5 Å². The van der Waals surface area contributed by atoms with E-state index in [2.05, 4.69) is 41.7 Å². The van der Waals surface area contributed by atoms with Gasteiger partial charge in [-0.25, -0.2) is 30.4 Å². The molecule has 0 spiro atoms. The van der Waals surface area contributed by atoms with Gasteiger partial charge in [0.1, 0.15) is 0 Å². The van der Waals surface area contributed by atoms with Gasteiger partial charge in [0.25, 0.3) is 0 Å². The third kappa shape index (κ3) is 11.6. The number of urea groups is 2. The number of aryl methyl sites for hydroxylation is 2. The molecule has 12 nitrogen and oxygen atoms in total. The Morgan fingerprint density at radius 2 is 1.02 bits per heavy atom. The number of hydrazone groups is 2. The zero-order chi connectivity index (χ0) is 35.3. The maximum Gasteiger partial charge on any atom is 2.00 e. The van der Waals surface area contributed by atoms with Crippen LogP contribution in [-0.4, -0.2) is 34.5 Å². The molecule has 6 aromatic rings. The summed E-state index contributed by atoms with van der Waals surface area (Å²) in [6, 6.07) is 28.1. The van der Waals surface area contributed by atoms with Crippen molar-refractivity contribution in [1.82, 2.24) is 20.8 Å². The maximum absolute atomic E-state index is 11.9. The Labute approximate surface area is 312 Å². The summed E-state index contributed by atoms with van der Waals surface area (Å²) >= 11 is 2.64. The second-order valence-corrected chi connectivity index (χ2v) is 12.3. The molecular weight excluding hydrogens is 732 g/mol. The Morgan fingerprint density at radius 3 is 1.41 bits per heavy atom. The molecule has 0 saturated heterocycles. The molecule has 2 heterocycles. The monoisotopic (exact) mass is 761 g/mol. The first-order valence-electron chi connectivity index (χ1n) is 15.0. The zero-order valence-electron chi connectivity index (χ0n) is 27.1. The first kappa shape index (κ1) is 37.9. The largest absolute Gasteiger partial charge is 2.00 e. The summed E-state index contributed by atoms with van der Waals surface area (Å²) in [6.45, 7) is 3.76. The molecular formula is C36H30CoN8O4S2. The van der Waals surface area contributed by atoms with Crippen LogP contribution in [0.2, 0.25) is 0 Å². The molecule has 0 unspecified atom stereocenters. The van der Waals surface area contributed by atoms with Gasteiger partial charge in [-0.15, -0.1) is 22.7 Å². The molecule has 2 aromatic heterocycles. The average Bonchev–Trinajstić information content (AvgIpc) is 3.79. The van der Waals surface area contributed by atoms with E-state index in [0.29, 0.717) is 21.4 Å². The standard InChI is InChI=1S/2C18H16N4O2S.Co/c2*1-12-7-8-16(23)14(9-12)10-19-22-17(24)21-18-20-15(11-25-18)13-5-3-2-4-6-13;/h2*2-11,23H,1H3,(H2,20,21,22,24);/q;;+2/p-2/b2*19-10+;. The minimum Gasteiger partial charge on any atom is -0.872 e. The number of hydrogen-bond acceptors (Lipinski definition) is 10. The van der Waals surface area contributed by atoms with Crippen molar-refractivity contribution in [3.63, 3.8) is 0 Å². The van der Waals surface area contributed by atoms with Gasteiger partial charge in [0, 0.05) is 21.9 Å². The fourth-order valence-corrected chi connectivity index (χ4v) is 5.68. The van der Waals surface area contributed by atoms with Crippen LogP contribution in [0.25, 0.3) is 22.5 Å². The number of nitrogens with zero attached hydrogens (tertiary/aromatic N) is 4. The molecule has 6 rings (SSSR count). The van der Waals surface area contributed by atoms with Gasteiger partial charge in [0.05, 0.1) is 23.8 Å². The van der Waals surface area contributed by atoms with Crippen LogP contribution in [-0.2, 0) is 16.8 Å². The fourth-order valence-electron chi connectivity index (χ4n) is 4.25. The van der Waals surface area contributed by atoms with Gasteiger partial charge in [-0.1, -0.05) is 120 Å². The van der Waals surface area contributed by atoms with Gasteiger partial charge in [-0.05, 0) is 25.0 Å². The van der Waals surface area contributed by atoms with Crippen LogP contribution in [0, 0.1) is 13.8 Å². The average molecular weight is 762 g/mol. The minimum atomic E-state index is -0.523. The summed E-state index contributed by atoms with van der Waals surface area (Å²) < 4.78 is 0. The van der Waals surface area contributed by atoms with Crippen LogP contribution in [0.1, 0.15) is 22.3 Å². The number of hydrogen-bond donors (Lipinski definition) is 4. The van der Waals surface area contributed by atoms with Crippen molar-refractivity contribution in [2.75, 3.05) is 10.6 Å². The van der Waals surface area contributed by atoms with Crippen LogP contribution in [0.3, 0.4) is 0 Å². The zero-order valence-corrected chi connectivity index (χ0v) is 29.8. The van der Waals surface area contributed by atoms with E-state index in [4.69, 9.17) is 0 Å². The number of anilines is 2. The van der Waals surface area contributed by atoms with E-state index in [1.54, 1.807) is 24.3 Å². The van der Waals surface area contributed by atoms with Crippen molar-refractivity contribution in [3.8, 4) is 34.0 Å². The van der Waals surface area contributed by atoms with Crippen molar-refractivity contribution in [1.29, 1.82) is 0 Å². The Balaban J connectivity index is 0.000000224. The van der Waals surface area contributed by atoms with Gasteiger partial charge in [-0.2, -0.15) is 10.2 Å². The molecule has 4 aromatic carbocycles. The van der Waals surface area contributed by atoms with E-state index in [1.807, 2.05) is 85.3 Å². The SMILES string of the molecule is Cc1ccc([O-])c(/C=N/NC(=O)Nc2nc(-c3ccccc3)cs2)c1.Cc1ccc([O-])c(/C=N/NC(=O)Nc2nc(-c3ccccc3)cs2)c1.[Co+2]. The van der Waals surface area contributed by atoms with E-state index in [1.165, 1.54) is 47.2 Å². The first-order chi connectivity index (χ1) is 24.2. The van der Waals surface area contributed by atoms with Gasteiger partial charge in [0.15, 0.2) is 10.3 Å². The molecule has 0 atom stereocenters. The van der Waals surface area contributed by atoms with Crippen molar-refractivity contribution in [3.05, 3.63) is 130 Å². The number of carbonyl (C=O) groups is 2. The van der Waals surface area contributed by atoms with Crippen LogP contribution < -0.4 is 31.7 Å². The minimum absolute atomic E-state index is 0. The number of thiazole rings is 2. The number of benzene rings is 4. The van der Waals surface area contributed by atoms with E-state index >= 15 is 0 Å². The molecule has 51 heavy (non-hydrogen) atoms. The number of aromatic nitrogens is 2. The van der Waals surface area contributed by atoms with Crippen molar-refractivity contribution >= 4 is 57.4 Å². The predicted octanol–water partition coefficient (Wildman–Crippen LogP) is 6.69. The number of amides is 4. The Hall–Kier alpha value is -5.87. The Bertz CT molecular complexity index is 1970. The number of rotatable bonds is 8. The number of nitrogens with one attached hydrogen (secondary N) is 4. The summed E-state index contributed by atoms with van der Waals surface area (Å²) in [4.78, 5) is 32.4. The van der Waals surface area contributed by atoms with Crippen molar-refractivity contribution < 1.29 is 36.6 Å². The fraction of sp³-hybridized carbons (Fsp3) is 0.0556. The first-order valence-corrected chi connectivity index (χ1v) is 16.8. The summed E-state index contributed by atoms with van der Waals surface area (Å²) in [5.74, 6) is -0.298. The molecule has 0 fully saturated rings. The summed E-state index contributed by atoms with van der Waals surface area (Å²) in [5.41, 5.74) is 10.9. The third-order valence-electron chi connectivity index (χ3n) is 6.66. The van der Waals surface area contributed by atoms with Crippen molar-refractivity contribution in [2.45, 2.75) is 13.8 Å². The Kier molecular flexibility index (Phi) is 14.0. The van der Waals surface area contributed by atoms with Crippen LogP contribution in [0.4, 0.5) is 19.9 Å². The molecule has 259 valence electrons. The summed E-state index contributed by atoms with van der Waals surface area (Å²) in [6.07, 6.45) is 2.65. The quantitative estimate of drug-likeness (QED) is 0.0991. The van der Waals surface area contributed by atoms with E-state index < -0.39 is 12.1 Å². The van der Waals surface area contributed by atoms with E-state index in [9.17, 15) is 19.8 Å². The van der Waals surface area contributed by atoms with Gasteiger partial charge >= 0.3 is 28.8 Å². The van der Waals surface area contributed by atoms with Gasteiger partial charge in [0.2, 0.25) is 0 Å². The van der Waals surface area contributed by atoms with E-state index in [0.717, 1.165) is 33.6 Å². The molecule has 4 amide bonds. The van der Waals surface area contributed by atoms with Gasteiger partial charge in [-0.3, -0.25) is 10.6 Å². The molecule has 4 N–H and O–H groups in total. The van der Waals surface area contributed by atoms with Crippen LogP contribution in [0.15, 0.2) is 118 Å². The summed E-state index contributed by atoms with van der Waals surface area (Å²) in [7, 11) is 0. The molecule has 0 aliphatic rings. The maximum atomic E-state index is 11.9. The second kappa shape index (κ2) is 18.8. The van der Waals surface area contributed by atoms with Gasteiger partial charge < -0.3 is 10.2 Å². The molecule has 1 radical (unpaired) electrons. The van der Waals surface area contributed by atoms with Crippen LogP contribution >= 0.6 is 22.7 Å². The van der Waals surface area contributed by atoms with E-state index in [-0.39, 0.29) is 28.3 Å². The second-order valence-electron chi connectivity index (χ2n) is 10.5. The molecule has 15 heteroatoms. The predicted molar refractivity (Wildman–Crippen MR) is 196 cm³/mol. The molecule has 0 saturated carbocycles. The Morgan fingerprint density at radius 1 is 0.627 bits per heavy atom. The third-order valence-corrected chi connectivity index (χ3v) is 8.17. The molecule has 0 aliphatic heterocycles. The smallest absolute Gasteiger partial charge is 0.872 e. The topological polar surface area (TPSA) is 179 Å². The number of carbonyl (C=O) groups excluding carboxylic acids is 2. The molecule has 0 aliphatic carbocycles. The normalized spacial score (nSPS) is 10.5.